The predicted molar refractivity (Wildman–Crippen MR) is 45.7 cm³/mol. The summed E-state index contributed by atoms with van der Waals surface area (Å²) in [5, 5.41) is 0. The van der Waals surface area contributed by atoms with Crippen LogP contribution in [0.15, 0.2) is 0 Å². The van der Waals surface area contributed by atoms with Crippen molar-refractivity contribution in [3.05, 3.63) is 0 Å². The summed E-state index contributed by atoms with van der Waals surface area (Å²) >= 11 is 0. The first-order chi connectivity index (χ1) is 5.18. The van der Waals surface area contributed by atoms with E-state index in [-0.39, 0.29) is 6.61 Å². The van der Waals surface area contributed by atoms with Gasteiger partial charge in [-0.25, -0.2) is 0 Å². The van der Waals surface area contributed by atoms with Gasteiger partial charge < -0.3 is 13.6 Å². The van der Waals surface area contributed by atoms with Crippen molar-refractivity contribution in [2.45, 2.75) is 25.9 Å². The lowest BCUT2D eigenvalue weighted by Crippen LogP contribution is -2.37. The Kier molecular flexibility index (Phi) is 5.36. The molecule has 0 saturated heterocycles. The van der Waals surface area contributed by atoms with Crippen LogP contribution >= 0.6 is 0 Å². The minimum absolute atomic E-state index is 0.163. The molecule has 3 nitrogen and oxygen atoms in total. The fraction of sp³-hybridized carbons (Fsp3) is 0.857. The van der Waals surface area contributed by atoms with Crippen LogP contribution in [-0.2, 0) is 13.6 Å². The van der Waals surface area contributed by atoms with Crippen molar-refractivity contribution in [2.75, 3.05) is 13.7 Å². The summed E-state index contributed by atoms with van der Waals surface area (Å²) in [7, 11) is -0.330. The average Bonchev–Trinajstić information content (AvgIpc) is 2.02. The van der Waals surface area contributed by atoms with Crippen molar-refractivity contribution < 1.29 is 13.6 Å². The van der Waals surface area contributed by atoms with Crippen LogP contribution in [0.3, 0.4) is 0 Å². The summed E-state index contributed by atoms with van der Waals surface area (Å²) in [4.78, 5) is 10.0. The molecule has 11 heavy (non-hydrogen) atoms. The number of aldehydes is 1. The highest BCUT2D eigenvalue weighted by atomic mass is 28.4. The normalized spacial score (nSPS) is 15.9. The van der Waals surface area contributed by atoms with Gasteiger partial charge in [-0.1, -0.05) is 13.3 Å². The number of carbonyl (C=O) groups excluding carboxylic acids is 1. The molecule has 0 aliphatic rings. The molecule has 0 N–H and O–H groups in total. The summed E-state index contributed by atoms with van der Waals surface area (Å²) < 4.78 is 10.6. The van der Waals surface area contributed by atoms with Gasteiger partial charge in [-0.3, -0.25) is 0 Å². The van der Waals surface area contributed by atoms with E-state index < -0.39 is 8.56 Å². The smallest absolute Gasteiger partial charge is 0.335 e. The van der Waals surface area contributed by atoms with E-state index in [1.807, 2.05) is 6.55 Å². The zero-order valence-corrected chi connectivity index (χ0v) is 8.42. The summed E-state index contributed by atoms with van der Waals surface area (Å²) in [6.07, 6.45) is 1.80. The van der Waals surface area contributed by atoms with E-state index in [9.17, 15) is 4.79 Å². The first-order valence-electron chi connectivity index (χ1n) is 3.81. The van der Waals surface area contributed by atoms with Crippen LogP contribution in [0.2, 0.25) is 12.6 Å². The molecule has 0 fully saturated rings. The zero-order valence-electron chi connectivity index (χ0n) is 7.42. The molecular formula is C7H16O3Si. The van der Waals surface area contributed by atoms with E-state index >= 15 is 0 Å². The molecule has 0 saturated carbocycles. The minimum Gasteiger partial charge on any atom is -0.398 e. The molecule has 0 aromatic carbocycles. The second-order valence-electron chi connectivity index (χ2n) is 2.57. The Bertz CT molecular complexity index is 118. The van der Waals surface area contributed by atoms with Gasteiger partial charge in [0.15, 0.2) is 0 Å². The Balaban J connectivity index is 3.76. The zero-order chi connectivity index (χ0) is 8.74. The highest BCUT2D eigenvalue weighted by Crippen LogP contribution is 2.13. The van der Waals surface area contributed by atoms with E-state index in [1.165, 1.54) is 0 Å². The molecule has 0 aromatic rings. The Morgan fingerprint density at radius 3 is 2.55 bits per heavy atom. The maximum atomic E-state index is 10.0. The highest BCUT2D eigenvalue weighted by Gasteiger charge is 2.28. The maximum absolute atomic E-state index is 10.0. The van der Waals surface area contributed by atoms with Crippen molar-refractivity contribution in [1.29, 1.82) is 0 Å². The van der Waals surface area contributed by atoms with Gasteiger partial charge in [0.2, 0.25) is 0 Å². The van der Waals surface area contributed by atoms with Gasteiger partial charge in [0.25, 0.3) is 0 Å². The molecule has 0 aliphatic heterocycles. The third-order valence-electron chi connectivity index (χ3n) is 1.59. The standard InChI is InChI=1S/C7H16O3Si/c1-4-7-11(3,9-2)10-6-5-8/h5H,4,6-7H2,1-3H3. The van der Waals surface area contributed by atoms with Crippen molar-refractivity contribution in [2.24, 2.45) is 0 Å². The molecule has 0 bridgehead atoms. The summed E-state index contributed by atoms with van der Waals surface area (Å²) in [5.74, 6) is 0. The van der Waals surface area contributed by atoms with Crippen LogP contribution in [0.25, 0.3) is 0 Å². The lowest BCUT2D eigenvalue weighted by Gasteiger charge is -2.22. The summed E-state index contributed by atoms with van der Waals surface area (Å²) in [5.41, 5.74) is 0. The molecule has 0 aliphatic carbocycles. The lowest BCUT2D eigenvalue weighted by atomic mass is 10.6. The Morgan fingerprint density at radius 1 is 1.55 bits per heavy atom. The molecule has 0 radical (unpaired) electrons. The molecule has 0 spiro atoms. The SMILES string of the molecule is CCC[Si](C)(OC)OCC=O. The van der Waals surface area contributed by atoms with E-state index in [0.717, 1.165) is 18.8 Å². The van der Waals surface area contributed by atoms with Gasteiger partial charge in [0, 0.05) is 7.11 Å². The maximum Gasteiger partial charge on any atom is 0.335 e. The molecule has 0 amide bonds. The van der Waals surface area contributed by atoms with Crippen LogP contribution in [0.5, 0.6) is 0 Å². The lowest BCUT2D eigenvalue weighted by molar-refractivity contribution is -0.110. The predicted octanol–water partition coefficient (Wildman–Crippen LogP) is 1.33. The topological polar surface area (TPSA) is 35.5 Å². The van der Waals surface area contributed by atoms with Crippen molar-refractivity contribution >= 4 is 14.8 Å². The largest absolute Gasteiger partial charge is 0.398 e. The van der Waals surface area contributed by atoms with Gasteiger partial charge in [-0.05, 0) is 12.6 Å². The van der Waals surface area contributed by atoms with Gasteiger partial charge in [-0.15, -0.1) is 0 Å². The highest BCUT2D eigenvalue weighted by molar-refractivity contribution is 6.66. The Hall–Kier alpha value is -0.193. The Labute approximate surface area is 68.9 Å². The van der Waals surface area contributed by atoms with Crippen LogP contribution in [0, 0.1) is 0 Å². The summed E-state index contributed by atoms with van der Waals surface area (Å²) in [6.45, 7) is 4.21. The third kappa shape index (κ3) is 4.29. The molecule has 66 valence electrons. The van der Waals surface area contributed by atoms with Gasteiger partial charge in [-0.2, -0.15) is 0 Å². The molecule has 1 atom stereocenters. The first-order valence-corrected chi connectivity index (χ1v) is 6.33. The van der Waals surface area contributed by atoms with Gasteiger partial charge in [0.1, 0.15) is 6.29 Å². The fourth-order valence-corrected chi connectivity index (χ4v) is 2.69. The number of hydrogen-bond acceptors (Lipinski definition) is 3. The molecule has 0 aromatic heterocycles. The molecule has 0 rings (SSSR count). The fourth-order valence-electron chi connectivity index (χ4n) is 0.898. The second kappa shape index (κ2) is 5.46. The monoisotopic (exact) mass is 176 g/mol. The van der Waals surface area contributed by atoms with Crippen LogP contribution in [0.1, 0.15) is 13.3 Å². The van der Waals surface area contributed by atoms with Crippen LogP contribution < -0.4 is 0 Å². The molecular weight excluding hydrogens is 160 g/mol. The third-order valence-corrected chi connectivity index (χ3v) is 4.64. The Morgan fingerprint density at radius 2 is 2.18 bits per heavy atom. The molecule has 1 unspecified atom stereocenters. The van der Waals surface area contributed by atoms with Crippen molar-refractivity contribution in [3.63, 3.8) is 0 Å². The second-order valence-corrected chi connectivity index (χ2v) is 6.03. The summed E-state index contributed by atoms with van der Waals surface area (Å²) in [6, 6.07) is 0.942. The van der Waals surface area contributed by atoms with Gasteiger partial charge >= 0.3 is 8.56 Å². The van der Waals surface area contributed by atoms with E-state index in [4.69, 9.17) is 8.85 Å². The number of rotatable bonds is 6. The van der Waals surface area contributed by atoms with E-state index in [2.05, 4.69) is 6.92 Å². The van der Waals surface area contributed by atoms with Crippen LogP contribution in [-0.4, -0.2) is 28.6 Å². The van der Waals surface area contributed by atoms with Crippen molar-refractivity contribution in [3.8, 4) is 0 Å². The quantitative estimate of drug-likeness (QED) is 0.452. The first kappa shape index (κ1) is 10.8. The van der Waals surface area contributed by atoms with E-state index in [1.54, 1.807) is 7.11 Å². The van der Waals surface area contributed by atoms with Crippen molar-refractivity contribution in [1.82, 2.24) is 0 Å². The average molecular weight is 176 g/mol. The van der Waals surface area contributed by atoms with Crippen LogP contribution in [0.4, 0.5) is 0 Å². The number of hydrogen-bond donors (Lipinski definition) is 0. The molecule has 0 heterocycles. The number of carbonyl (C=O) groups is 1. The minimum atomic E-state index is -1.98. The molecule has 4 heteroatoms. The van der Waals surface area contributed by atoms with Gasteiger partial charge in [0.05, 0.1) is 6.61 Å². The van der Waals surface area contributed by atoms with E-state index in [0.29, 0.717) is 0 Å².